The van der Waals surface area contributed by atoms with Gasteiger partial charge in [-0.05, 0) is 31.9 Å². The zero-order valence-corrected chi connectivity index (χ0v) is 11.5. The van der Waals surface area contributed by atoms with Gasteiger partial charge in [0.25, 0.3) is 0 Å². The molecule has 3 rings (SSSR count). The molecule has 0 radical (unpaired) electrons. The van der Waals surface area contributed by atoms with Crippen molar-refractivity contribution in [1.82, 2.24) is 9.55 Å². The van der Waals surface area contributed by atoms with E-state index in [0.29, 0.717) is 11.6 Å². The van der Waals surface area contributed by atoms with Crippen LogP contribution in [0.5, 0.6) is 0 Å². The number of halogens is 2. The number of ether oxygens (including phenoxy) is 1. The Labute approximate surface area is 116 Å². The van der Waals surface area contributed by atoms with Crippen LogP contribution in [-0.2, 0) is 4.74 Å². The molecule has 1 fully saturated rings. The van der Waals surface area contributed by atoms with Crippen molar-refractivity contribution in [3.05, 3.63) is 29.8 Å². The lowest BCUT2D eigenvalue weighted by Crippen LogP contribution is -2.21. The zero-order valence-electron chi connectivity index (χ0n) is 10.8. The van der Waals surface area contributed by atoms with E-state index in [1.54, 1.807) is 6.07 Å². The van der Waals surface area contributed by atoms with Gasteiger partial charge in [0.2, 0.25) is 0 Å². The molecule has 5 heteroatoms. The normalized spacial score (nSPS) is 18.9. The highest BCUT2D eigenvalue weighted by molar-refractivity contribution is 6.20. The molecule has 102 valence electrons. The third kappa shape index (κ3) is 2.35. The summed E-state index contributed by atoms with van der Waals surface area (Å²) in [5, 5.41) is -0.196. The van der Waals surface area contributed by atoms with Crippen LogP contribution >= 0.6 is 11.6 Å². The Balaban J connectivity index is 2.15. The first kappa shape index (κ1) is 12.9. The Morgan fingerprint density at radius 2 is 2.16 bits per heavy atom. The Kier molecular flexibility index (Phi) is 3.46. The number of hydrogen-bond donors (Lipinski definition) is 0. The minimum absolute atomic E-state index is 0.196. The molecule has 1 aromatic carbocycles. The minimum Gasteiger partial charge on any atom is -0.381 e. The van der Waals surface area contributed by atoms with Gasteiger partial charge in [0.05, 0.1) is 16.4 Å². The zero-order chi connectivity index (χ0) is 13.4. The molecular formula is C14H16ClFN2O. The van der Waals surface area contributed by atoms with E-state index < -0.39 is 0 Å². The average Bonchev–Trinajstić information content (AvgIpc) is 2.78. The van der Waals surface area contributed by atoms with Gasteiger partial charge >= 0.3 is 0 Å². The van der Waals surface area contributed by atoms with Crippen LogP contribution in [0.25, 0.3) is 11.0 Å². The fourth-order valence-corrected chi connectivity index (χ4v) is 2.85. The molecule has 1 aromatic heterocycles. The molecule has 1 saturated heterocycles. The summed E-state index contributed by atoms with van der Waals surface area (Å²) in [5.74, 6) is 0.548. The number of rotatable bonds is 2. The van der Waals surface area contributed by atoms with Crippen LogP contribution in [0.4, 0.5) is 4.39 Å². The van der Waals surface area contributed by atoms with Crippen LogP contribution in [0.1, 0.15) is 37.0 Å². The second kappa shape index (κ2) is 5.10. The summed E-state index contributed by atoms with van der Waals surface area (Å²) >= 11 is 6.23. The van der Waals surface area contributed by atoms with Gasteiger partial charge in [-0.15, -0.1) is 11.6 Å². The fraction of sp³-hybridized carbons (Fsp3) is 0.500. The van der Waals surface area contributed by atoms with E-state index in [1.807, 2.05) is 6.92 Å². The van der Waals surface area contributed by atoms with E-state index >= 15 is 0 Å². The Bertz CT molecular complexity index is 590. The summed E-state index contributed by atoms with van der Waals surface area (Å²) in [4.78, 5) is 4.50. The molecule has 0 spiro atoms. The number of nitrogens with zero attached hydrogens (tertiary/aromatic N) is 2. The van der Waals surface area contributed by atoms with Crippen LogP contribution in [0.15, 0.2) is 18.2 Å². The molecule has 19 heavy (non-hydrogen) atoms. The Morgan fingerprint density at radius 1 is 1.42 bits per heavy atom. The van der Waals surface area contributed by atoms with Crippen LogP contribution in [0.2, 0.25) is 0 Å². The van der Waals surface area contributed by atoms with Crippen molar-refractivity contribution < 1.29 is 9.13 Å². The van der Waals surface area contributed by atoms with Gasteiger partial charge in [-0.25, -0.2) is 9.37 Å². The van der Waals surface area contributed by atoms with E-state index in [9.17, 15) is 4.39 Å². The maximum atomic E-state index is 13.3. The lowest BCUT2D eigenvalue weighted by atomic mass is 10.1. The first-order valence-corrected chi connectivity index (χ1v) is 6.99. The second-order valence-electron chi connectivity index (χ2n) is 4.93. The van der Waals surface area contributed by atoms with Gasteiger partial charge < -0.3 is 9.30 Å². The summed E-state index contributed by atoms with van der Waals surface area (Å²) < 4.78 is 20.9. The van der Waals surface area contributed by atoms with Crippen molar-refractivity contribution >= 4 is 22.6 Å². The van der Waals surface area contributed by atoms with Crippen molar-refractivity contribution in [3.8, 4) is 0 Å². The monoisotopic (exact) mass is 282 g/mol. The van der Waals surface area contributed by atoms with Crippen molar-refractivity contribution in [1.29, 1.82) is 0 Å². The van der Waals surface area contributed by atoms with E-state index in [4.69, 9.17) is 16.3 Å². The smallest absolute Gasteiger partial charge is 0.127 e. The van der Waals surface area contributed by atoms with E-state index in [1.165, 1.54) is 12.1 Å². The molecule has 1 aliphatic rings. The number of benzene rings is 1. The molecule has 3 nitrogen and oxygen atoms in total. The van der Waals surface area contributed by atoms with Gasteiger partial charge in [0.15, 0.2) is 0 Å². The van der Waals surface area contributed by atoms with Crippen LogP contribution in [0, 0.1) is 5.82 Å². The Hall–Kier alpha value is -1.13. The maximum absolute atomic E-state index is 13.3. The molecule has 0 saturated carbocycles. The molecule has 0 bridgehead atoms. The van der Waals surface area contributed by atoms with Gasteiger partial charge in [0.1, 0.15) is 11.6 Å². The lowest BCUT2D eigenvalue weighted by Gasteiger charge is -2.26. The number of alkyl halides is 1. The summed E-state index contributed by atoms with van der Waals surface area (Å²) in [7, 11) is 0. The third-order valence-electron chi connectivity index (χ3n) is 3.59. The van der Waals surface area contributed by atoms with E-state index in [-0.39, 0.29) is 11.2 Å². The minimum atomic E-state index is -0.266. The van der Waals surface area contributed by atoms with E-state index in [2.05, 4.69) is 9.55 Å². The predicted molar refractivity (Wildman–Crippen MR) is 73.0 cm³/mol. The average molecular weight is 283 g/mol. The molecule has 0 amide bonds. The molecule has 2 heterocycles. The highest BCUT2D eigenvalue weighted by Crippen LogP contribution is 2.32. The summed E-state index contributed by atoms with van der Waals surface area (Å²) in [6, 6.07) is 5.06. The van der Waals surface area contributed by atoms with Crippen molar-refractivity contribution in [2.24, 2.45) is 0 Å². The third-order valence-corrected chi connectivity index (χ3v) is 3.79. The summed E-state index contributed by atoms with van der Waals surface area (Å²) in [6.07, 6.45) is 1.89. The number of hydrogen-bond acceptors (Lipinski definition) is 2. The number of aromatic nitrogens is 2. The molecule has 1 aliphatic heterocycles. The molecule has 2 aromatic rings. The lowest BCUT2D eigenvalue weighted by molar-refractivity contribution is 0.0698. The summed E-state index contributed by atoms with van der Waals surface area (Å²) in [6.45, 7) is 3.40. The van der Waals surface area contributed by atoms with Gasteiger partial charge in [-0.2, -0.15) is 0 Å². The SMILES string of the molecule is CC(Cl)c1nc2cc(F)ccc2n1C1CCOCC1. The Morgan fingerprint density at radius 3 is 2.84 bits per heavy atom. The van der Waals surface area contributed by atoms with Gasteiger partial charge in [0, 0.05) is 25.3 Å². The van der Waals surface area contributed by atoms with Crippen LogP contribution in [-0.4, -0.2) is 22.8 Å². The first-order chi connectivity index (χ1) is 9.16. The summed E-state index contributed by atoms with van der Waals surface area (Å²) in [5.41, 5.74) is 1.63. The molecular weight excluding hydrogens is 267 g/mol. The number of fused-ring (bicyclic) bond motifs is 1. The molecule has 0 N–H and O–H groups in total. The molecule has 0 aliphatic carbocycles. The second-order valence-corrected chi connectivity index (χ2v) is 5.59. The van der Waals surface area contributed by atoms with Crippen LogP contribution < -0.4 is 0 Å². The van der Waals surface area contributed by atoms with E-state index in [0.717, 1.165) is 37.4 Å². The standard InChI is InChI=1S/C14H16ClFN2O/c1-9(15)14-17-12-8-10(16)2-3-13(12)18(14)11-4-6-19-7-5-11/h2-3,8-9,11H,4-7H2,1H3. The van der Waals surface area contributed by atoms with Crippen molar-refractivity contribution in [3.63, 3.8) is 0 Å². The quantitative estimate of drug-likeness (QED) is 0.783. The van der Waals surface area contributed by atoms with Gasteiger partial charge in [-0.3, -0.25) is 0 Å². The largest absolute Gasteiger partial charge is 0.381 e. The van der Waals surface area contributed by atoms with Crippen molar-refractivity contribution in [2.75, 3.05) is 13.2 Å². The van der Waals surface area contributed by atoms with Crippen molar-refractivity contribution in [2.45, 2.75) is 31.2 Å². The predicted octanol–water partition coefficient (Wildman–Crippen LogP) is 3.83. The fourth-order valence-electron chi connectivity index (χ4n) is 2.70. The first-order valence-electron chi connectivity index (χ1n) is 6.56. The van der Waals surface area contributed by atoms with Crippen LogP contribution in [0.3, 0.4) is 0 Å². The number of imidazole rings is 1. The highest BCUT2D eigenvalue weighted by atomic mass is 35.5. The van der Waals surface area contributed by atoms with Gasteiger partial charge in [-0.1, -0.05) is 0 Å². The maximum Gasteiger partial charge on any atom is 0.127 e. The molecule has 1 atom stereocenters. The molecule has 1 unspecified atom stereocenters. The highest BCUT2D eigenvalue weighted by Gasteiger charge is 2.23. The topological polar surface area (TPSA) is 27.1 Å².